The zero-order valence-corrected chi connectivity index (χ0v) is 17.5. The first-order valence-electron chi connectivity index (χ1n) is 9.35. The van der Waals surface area contributed by atoms with E-state index in [0.717, 1.165) is 45.4 Å². The fourth-order valence-electron chi connectivity index (χ4n) is 3.41. The van der Waals surface area contributed by atoms with E-state index < -0.39 is 10.9 Å². The molecule has 0 amide bonds. The first-order chi connectivity index (χ1) is 14.8. The number of H-pyrrole nitrogens is 1. The van der Waals surface area contributed by atoms with Gasteiger partial charge in [0.2, 0.25) is 0 Å². The van der Waals surface area contributed by atoms with Crippen molar-refractivity contribution in [1.82, 2.24) is 14.5 Å². The van der Waals surface area contributed by atoms with Crippen LogP contribution in [-0.4, -0.2) is 30.5 Å². The van der Waals surface area contributed by atoms with Crippen LogP contribution in [0.1, 0.15) is 17.0 Å². The van der Waals surface area contributed by atoms with Crippen molar-refractivity contribution in [3.05, 3.63) is 86.6 Å². The third-order valence-corrected chi connectivity index (χ3v) is 5.76. The summed E-state index contributed by atoms with van der Waals surface area (Å²) in [6.07, 6.45) is 1.62. The van der Waals surface area contributed by atoms with Crippen LogP contribution in [0.25, 0.3) is 22.8 Å². The molecular weight excluding hydrogens is 416 g/mol. The van der Waals surface area contributed by atoms with Gasteiger partial charge >= 0.3 is 5.97 Å². The summed E-state index contributed by atoms with van der Waals surface area (Å²) in [5.74, 6) is -1.05. The van der Waals surface area contributed by atoms with Crippen molar-refractivity contribution in [3.8, 4) is 5.69 Å². The van der Waals surface area contributed by atoms with Crippen LogP contribution in [0.5, 0.6) is 0 Å². The minimum Gasteiger partial charge on any atom is -0.477 e. The van der Waals surface area contributed by atoms with Crippen molar-refractivity contribution in [2.24, 2.45) is 0 Å². The zero-order chi connectivity index (χ0) is 22.1. The Morgan fingerprint density at radius 1 is 1.19 bits per heavy atom. The Hall–Kier alpha value is -3.85. The second-order valence-electron chi connectivity index (χ2n) is 6.91. The smallest absolute Gasteiger partial charge is 0.342 e. The van der Waals surface area contributed by atoms with Gasteiger partial charge < -0.3 is 14.7 Å². The number of nitro benzene ring substituents is 1. The number of hydrogen-bond acceptors (Lipinski definition) is 5. The highest BCUT2D eigenvalue weighted by Crippen LogP contribution is 2.30. The summed E-state index contributed by atoms with van der Waals surface area (Å²) in [5, 5.41) is 21.1. The molecule has 0 aliphatic carbocycles. The SMILES string of the molecule is Cc1cc(/C=C(\Sc2nc3ccccc3[nH]2)C(=O)O)c(C)n1-c1ccc([N+](=O)[O-])cc1. The fraction of sp³-hybridized carbons (Fsp3) is 0.0909. The summed E-state index contributed by atoms with van der Waals surface area (Å²) in [7, 11) is 0. The number of nitro groups is 1. The van der Waals surface area contributed by atoms with Crippen molar-refractivity contribution in [2.75, 3.05) is 0 Å². The molecule has 4 aromatic rings. The number of rotatable bonds is 6. The van der Waals surface area contributed by atoms with Gasteiger partial charge in [-0.05, 0) is 67.6 Å². The largest absolute Gasteiger partial charge is 0.477 e. The molecule has 2 N–H and O–H groups in total. The fourth-order valence-corrected chi connectivity index (χ4v) is 4.20. The van der Waals surface area contributed by atoms with E-state index in [2.05, 4.69) is 9.97 Å². The standard InChI is InChI=1S/C22H18N4O4S/c1-13-11-15(14(2)25(13)16-7-9-17(10-8-16)26(29)30)12-20(21(27)28)31-22-23-18-5-3-4-6-19(18)24-22/h3-12H,1-2H3,(H,23,24)(H,27,28)/b20-12-. The number of para-hydroxylation sites is 2. The molecule has 0 saturated carbocycles. The summed E-state index contributed by atoms with van der Waals surface area (Å²) < 4.78 is 1.93. The zero-order valence-electron chi connectivity index (χ0n) is 16.7. The molecule has 0 radical (unpaired) electrons. The van der Waals surface area contributed by atoms with Gasteiger partial charge in [0.1, 0.15) is 4.91 Å². The van der Waals surface area contributed by atoms with Crippen LogP contribution < -0.4 is 0 Å². The van der Waals surface area contributed by atoms with Crippen LogP contribution in [0.3, 0.4) is 0 Å². The van der Waals surface area contributed by atoms with E-state index in [0.29, 0.717) is 5.16 Å². The number of carboxylic acids is 1. The van der Waals surface area contributed by atoms with Crippen LogP contribution in [0.15, 0.2) is 64.7 Å². The lowest BCUT2D eigenvalue weighted by molar-refractivity contribution is -0.384. The van der Waals surface area contributed by atoms with E-state index in [1.807, 2.05) is 48.7 Å². The summed E-state index contributed by atoms with van der Waals surface area (Å²) >= 11 is 1.05. The predicted octanol–water partition coefficient (Wildman–Crippen LogP) is 5.10. The first-order valence-corrected chi connectivity index (χ1v) is 10.2. The number of hydrogen-bond donors (Lipinski definition) is 2. The number of imidazole rings is 1. The second kappa shape index (κ2) is 8.11. The number of carboxylic acid groups (broad SMARTS) is 1. The molecule has 9 heteroatoms. The normalized spacial score (nSPS) is 11.7. The van der Waals surface area contributed by atoms with Crippen LogP contribution in [0.4, 0.5) is 5.69 Å². The lowest BCUT2D eigenvalue weighted by Crippen LogP contribution is -2.00. The highest BCUT2D eigenvalue weighted by molar-refractivity contribution is 8.04. The Kier molecular flexibility index (Phi) is 5.35. The minimum absolute atomic E-state index is 0.0155. The van der Waals surface area contributed by atoms with Gasteiger partial charge in [-0.2, -0.15) is 0 Å². The van der Waals surface area contributed by atoms with E-state index in [1.165, 1.54) is 12.1 Å². The average molecular weight is 434 g/mol. The van der Waals surface area contributed by atoms with Gasteiger partial charge in [0.15, 0.2) is 5.16 Å². The lowest BCUT2D eigenvalue weighted by atomic mass is 10.2. The van der Waals surface area contributed by atoms with Gasteiger partial charge in [-0.1, -0.05) is 12.1 Å². The van der Waals surface area contributed by atoms with Crippen LogP contribution in [-0.2, 0) is 4.79 Å². The molecule has 2 aromatic carbocycles. The molecule has 0 spiro atoms. The molecule has 0 aliphatic rings. The molecule has 0 saturated heterocycles. The molecule has 0 bridgehead atoms. The second-order valence-corrected chi connectivity index (χ2v) is 7.94. The maximum atomic E-state index is 11.9. The highest BCUT2D eigenvalue weighted by atomic mass is 32.2. The molecular formula is C22H18N4O4S. The van der Waals surface area contributed by atoms with Gasteiger partial charge in [-0.15, -0.1) is 0 Å². The average Bonchev–Trinajstić information content (AvgIpc) is 3.27. The van der Waals surface area contributed by atoms with Crippen LogP contribution in [0.2, 0.25) is 0 Å². The van der Waals surface area contributed by atoms with Crippen LogP contribution >= 0.6 is 11.8 Å². The summed E-state index contributed by atoms with van der Waals surface area (Å²) in [5.41, 5.74) is 4.85. The topological polar surface area (TPSA) is 114 Å². The van der Waals surface area contributed by atoms with Gasteiger partial charge in [0, 0.05) is 29.2 Å². The minimum atomic E-state index is -1.05. The van der Waals surface area contributed by atoms with E-state index >= 15 is 0 Å². The number of thioether (sulfide) groups is 1. The number of non-ortho nitro benzene ring substituents is 1. The molecule has 0 unspecified atom stereocenters. The number of aryl methyl sites for hydroxylation is 1. The molecule has 2 heterocycles. The molecule has 0 fully saturated rings. The lowest BCUT2D eigenvalue weighted by Gasteiger charge is -2.09. The molecule has 4 rings (SSSR count). The van der Waals surface area contributed by atoms with E-state index in [-0.39, 0.29) is 10.6 Å². The first kappa shape index (κ1) is 20.4. The Morgan fingerprint density at radius 2 is 1.90 bits per heavy atom. The monoisotopic (exact) mass is 434 g/mol. The third-order valence-electron chi connectivity index (χ3n) is 4.86. The van der Waals surface area contributed by atoms with E-state index in [4.69, 9.17) is 0 Å². The number of aromatic nitrogens is 3. The van der Waals surface area contributed by atoms with Gasteiger partial charge in [0.25, 0.3) is 5.69 Å². The Labute approximate surface area is 181 Å². The van der Waals surface area contributed by atoms with Gasteiger partial charge in [-0.25, -0.2) is 9.78 Å². The number of carbonyl (C=O) groups is 1. The Bertz CT molecular complexity index is 1300. The molecule has 156 valence electrons. The van der Waals surface area contributed by atoms with Crippen molar-refractivity contribution in [2.45, 2.75) is 19.0 Å². The number of aliphatic carboxylic acids is 1. The number of aromatic amines is 1. The molecule has 2 aromatic heterocycles. The summed E-state index contributed by atoms with van der Waals surface area (Å²) in [6.45, 7) is 3.78. The Morgan fingerprint density at radius 3 is 2.55 bits per heavy atom. The molecule has 0 aliphatic heterocycles. The molecule has 31 heavy (non-hydrogen) atoms. The third kappa shape index (κ3) is 4.08. The van der Waals surface area contributed by atoms with Crippen molar-refractivity contribution in [3.63, 3.8) is 0 Å². The number of fused-ring (bicyclic) bond motifs is 1. The van der Waals surface area contributed by atoms with Crippen LogP contribution in [0, 0.1) is 24.0 Å². The predicted molar refractivity (Wildman–Crippen MR) is 119 cm³/mol. The number of nitrogens with zero attached hydrogens (tertiary/aromatic N) is 3. The summed E-state index contributed by atoms with van der Waals surface area (Å²) in [4.78, 5) is 30.0. The quantitative estimate of drug-likeness (QED) is 0.189. The molecule has 0 atom stereocenters. The van der Waals surface area contributed by atoms with Crippen molar-refractivity contribution >= 4 is 40.5 Å². The maximum Gasteiger partial charge on any atom is 0.342 e. The number of nitrogens with one attached hydrogen (secondary N) is 1. The summed E-state index contributed by atoms with van der Waals surface area (Å²) in [6, 6.07) is 15.6. The van der Waals surface area contributed by atoms with Gasteiger partial charge in [-0.3, -0.25) is 10.1 Å². The van der Waals surface area contributed by atoms with E-state index in [9.17, 15) is 20.0 Å². The highest BCUT2D eigenvalue weighted by Gasteiger charge is 2.16. The Balaban J connectivity index is 1.69. The van der Waals surface area contributed by atoms with Gasteiger partial charge in [0.05, 0.1) is 16.0 Å². The van der Waals surface area contributed by atoms with Crippen molar-refractivity contribution < 1.29 is 14.8 Å². The van der Waals surface area contributed by atoms with E-state index in [1.54, 1.807) is 18.2 Å². The molecule has 8 nitrogen and oxygen atoms in total. The van der Waals surface area contributed by atoms with Crippen molar-refractivity contribution in [1.29, 1.82) is 0 Å². The number of benzene rings is 2. The maximum absolute atomic E-state index is 11.9.